The Kier molecular flexibility index (Phi) is 7.71. The van der Waals surface area contributed by atoms with Crippen molar-refractivity contribution < 1.29 is 9.85 Å². The summed E-state index contributed by atoms with van der Waals surface area (Å²) in [6.07, 6.45) is 6.98. The van der Waals surface area contributed by atoms with E-state index < -0.39 is 15.4 Å². The van der Waals surface area contributed by atoms with Crippen LogP contribution in [0.4, 0.5) is 34.1 Å². The third-order valence-corrected chi connectivity index (χ3v) is 7.75. The number of para-hydroxylation sites is 2. The number of nitrogens with zero attached hydrogens (tertiary/aromatic N) is 4. The molecule has 0 aliphatic heterocycles. The standard InChI is InChI=1S/C36H28N4O4/c41-39(42)34-20-16-30(17-21-34)37(29-12-6-2-7-13-29)31-24-26-36(27-25-31,28-10-4-1-5-11-28)38(32-14-8-3-9-15-32)33-18-22-35(23-19-33)40(43)44/h1-26H,27H2. The van der Waals surface area contributed by atoms with Gasteiger partial charge < -0.3 is 9.80 Å². The Bertz CT molecular complexity index is 1830. The Morgan fingerprint density at radius 2 is 0.977 bits per heavy atom. The van der Waals surface area contributed by atoms with Crippen LogP contribution in [0.15, 0.2) is 163 Å². The first-order chi connectivity index (χ1) is 21.5. The van der Waals surface area contributed by atoms with Crippen molar-refractivity contribution in [2.75, 3.05) is 9.80 Å². The third-order valence-electron chi connectivity index (χ3n) is 7.75. The molecule has 8 nitrogen and oxygen atoms in total. The van der Waals surface area contributed by atoms with Gasteiger partial charge in [-0.05, 0) is 66.6 Å². The zero-order chi connectivity index (χ0) is 30.5. The molecule has 0 radical (unpaired) electrons. The van der Waals surface area contributed by atoms with Crippen LogP contribution in [0.1, 0.15) is 12.0 Å². The normalized spacial score (nSPS) is 15.7. The lowest BCUT2D eigenvalue weighted by atomic mass is 9.80. The van der Waals surface area contributed by atoms with Crippen LogP contribution in [-0.4, -0.2) is 9.85 Å². The summed E-state index contributed by atoms with van der Waals surface area (Å²) in [5.74, 6) is 0. The second kappa shape index (κ2) is 12.1. The van der Waals surface area contributed by atoms with Crippen molar-refractivity contribution in [3.05, 3.63) is 189 Å². The van der Waals surface area contributed by atoms with Crippen LogP contribution >= 0.6 is 0 Å². The zero-order valence-corrected chi connectivity index (χ0v) is 23.6. The molecule has 5 aromatic rings. The van der Waals surface area contributed by atoms with Crippen LogP contribution in [-0.2, 0) is 5.54 Å². The van der Waals surface area contributed by atoms with E-state index in [4.69, 9.17) is 0 Å². The summed E-state index contributed by atoms with van der Waals surface area (Å²) < 4.78 is 0. The number of nitro groups is 2. The van der Waals surface area contributed by atoms with Crippen LogP contribution in [0.5, 0.6) is 0 Å². The molecule has 0 bridgehead atoms. The molecule has 1 atom stereocenters. The third kappa shape index (κ3) is 5.44. The summed E-state index contributed by atoms with van der Waals surface area (Å²) in [5.41, 5.74) is 4.78. The predicted molar refractivity (Wildman–Crippen MR) is 173 cm³/mol. The largest absolute Gasteiger partial charge is 0.327 e. The minimum Gasteiger partial charge on any atom is -0.327 e. The highest BCUT2D eigenvalue weighted by Crippen LogP contribution is 2.46. The number of allylic oxidation sites excluding steroid dienone is 1. The molecule has 1 unspecified atom stereocenters. The molecule has 5 aromatic carbocycles. The van der Waals surface area contributed by atoms with Crippen molar-refractivity contribution >= 4 is 34.1 Å². The van der Waals surface area contributed by atoms with Crippen LogP contribution in [0.3, 0.4) is 0 Å². The molecular formula is C36H28N4O4. The van der Waals surface area contributed by atoms with E-state index in [0.29, 0.717) is 6.42 Å². The molecule has 1 aliphatic rings. The molecule has 6 rings (SSSR count). The van der Waals surface area contributed by atoms with Gasteiger partial charge in [0.05, 0.1) is 15.4 Å². The second-order valence-corrected chi connectivity index (χ2v) is 10.3. The molecule has 8 heteroatoms. The summed E-state index contributed by atoms with van der Waals surface area (Å²) >= 11 is 0. The Hall–Kier alpha value is -6.02. The molecule has 0 N–H and O–H groups in total. The maximum atomic E-state index is 11.5. The van der Waals surface area contributed by atoms with Gasteiger partial charge in [0.25, 0.3) is 11.4 Å². The molecule has 1 aliphatic carbocycles. The number of anilines is 4. The Balaban J connectivity index is 1.49. The van der Waals surface area contributed by atoms with Crippen LogP contribution < -0.4 is 9.80 Å². The van der Waals surface area contributed by atoms with Crippen LogP contribution in [0, 0.1) is 20.2 Å². The quantitative estimate of drug-likeness (QED) is 0.127. The summed E-state index contributed by atoms with van der Waals surface area (Å²) in [4.78, 5) is 26.3. The van der Waals surface area contributed by atoms with Crippen molar-refractivity contribution in [2.45, 2.75) is 12.0 Å². The fourth-order valence-corrected chi connectivity index (χ4v) is 5.68. The minimum absolute atomic E-state index is 0.0264. The first kappa shape index (κ1) is 28.1. The zero-order valence-electron chi connectivity index (χ0n) is 23.6. The van der Waals surface area contributed by atoms with Gasteiger partial charge in [-0.1, -0.05) is 78.9 Å². The van der Waals surface area contributed by atoms with Gasteiger partial charge in [-0.15, -0.1) is 0 Å². The first-order valence-corrected chi connectivity index (χ1v) is 14.1. The lowest BCUT2D eigenvalue weighted by Crippen LogP contribution is -2.43. The number of non-ortho nitro benzene ring substituents is 2. The van der Waals surface area contributed by atoms with Crippen molar-refractivity contribution in [3.63, 3.8) is 0 Å². The fourth-order valence-electron chi connectivity index (χ4n) is 5.68. The van der Waals surface area contributed by atoms with E-state index in [2.05, 4.69) is 40.2 Å². The van der Waals surface area contributed by atoms with Crippen LogP contribution in [0.2, 0.25) is 0 Å². The molecule has 0 saturated heterocycles. The first-order valence-electron chi connectivity index (χ1n) is 14.1. The van der Waals surface area contributed by atoms with Gasteiger partial charge in [-0.2, -0.15) is 0 Å². The highest BCUT2D eigenvalue weighted by molar-refractivity contribution is 5.74. The maximum absolute atomic E-state index is 11.5. The molecule has 0 fully saturated rings. The summed E-state index contributed by atoms with van der Waals surface area (Å²) in [7, 11) is 0. The van der Waals surface area contributed by atoms with Gasteiger partial charge in [0.1, 0.15) is 0 Å². The molecule has 0 amide bonds. The Morgan fingerprint density at radius 1 is 0.545 bits per heavy atom. The number of benzene rings is 5. The van der Waals surface area contributed by atoms with Crippen molar-refractivity contribution in [3.8, 4) is 0 Å². The topological polar surface area (TPSA) is 92.8 Å². The van der Waals surface area contributed by atoms with Crippen LogP contribution in [0.25, 0.3) is 0 Å². The lowest BCUT2D eigenvalue weighted by Gasteiger charge is -2.45. The van der Waals surface area contributed by atoms with E-state index in [1.807, 2.05) is 78.9 Å². The van der Waals surface area contributed by atoms with Gasteiger partial charge in [0, 0.05) is 52.7 Å². The van der Waals surface area contributed by atoms with Gasteiger partial charge in [0.2, 0.25) is 0 Å². The van der Waals surface area contributed by atoms with E-state index in [9.17, 15) is 20.2 Å². The van der Waals surface area contributed by atoms with E-state index in [-0.39, 0.29) is 11.4 Å². The summed E-state index contributed by atoms with van der Waals surface area (Å²) in [6.45, 7) is 0. The van der Waals surface area contributed by atoms with Crippen molar-refractivity contribution in [1.82, 2.24) is 0 Å². The van der Waals surface area contributed by atoms with E-state index in [0.717, 1.165) is 34.0 Å². The predicted octanol–water partition coefficient (Wildman–Crippen LogP) is 9.22. The SMILES string of the molecule is O=[N+]([O-])c1ccc(N(C2=CCC(c3ccccc3)(N(c3ccccc3)c3ccc([N+](=O)[O-])cc3)C=C2)c2ccccc2)cc1. The lowest BCUT2D eigenvalue weighted by molar-refractivity contribution is -0.385. The van der Waals surface area contributed by atoms with Gasteiger partial charge in [0.15, 0.2) is 0 Å². The molecule has 0 saturated carbocycles. The van der Waals surface area contributed by atoms with E-state index in [1.165, 1.54) is 24.3 Å². The Labute approximate surface area is 254 Å². The molecule has 0 spiro atoms. The molecule has 0 heterocycles. The van der Waals surface area contributed by atoms with Crippen molar-refractivity contribution in [2.24, 2.45) is 0 Å². The fraction of sp³-hybridized carbons (Fsp3) is 0.0556. The number of hydrogen-bond donors (Lipinski definition) is 0. The maximum Gasteiger partial charge on any atom is 0.269 e. The van der Waals surface area contributed by atoms with E-state index >= 15 is 0 Å². The van der Waals surface area contributed by atoms with Crippen molar-refractivity contribution in [1.29, 1.82) is 0 Å². The second-order valence-electron chi connectivity index (χ2n) is 10.3. The average Bonchev–Trinajstić information content (AvgIpc) is 3.07. The van der Waals surface area contributed by atoms with Gasteiger partial charge in [-0.3, -0.25) is 20.2 Å². The highest BCUT2D eigenvalue weighted by Gasteiger charge is 2.39. The number of rotatable bonds is 9. The van der Waals surface area contributed by atoms with E-state index in [1.54, 1.807) is 24.3 Å². The van der Waals surface area contributed by atoms with Gasteiger partial charge >= 0.3 is 0 Å². The number of hydrogen-bond acceptors (Lipinski definition) is 6. The monoisotopic (exact) mass is 580 g/mol. The minimum atomic E-state index is -0.680. The smallest absolute Gasteiger partial charge is 0.269 e. The molecular weight excluding hydrogens is 552 g/mol. The Morgan fingerprint density at radius 3 is 1.45 bits per heavy atom. The number of nitro benzene ring substituents is 2. The molecule has 0 aromatic heterocycles. The average molecular weight is 581 g/mol. The summed E-state index contributed by atoms with van der Waals surface area (Å²) in [6, 6.07) is 43.2. The summed E-state index contributed by atoms with van der Waals surface area (Å²) in [5, 5.41) is 22.8. The highest BCUT2D eigenvalue weighted by atomic mass is 16.6. The molecule has 44 heavy (non-hydrogen) atoms. The molecule has 216 valence electrons. The van der Waals surface area contributed by atoms with Gasteiger partial charge in [-0.25, -0.2) is 0 Å².